The minimum absolute atomic E-state index is 0.182. The minimum Gasteiger partial charge on any atom is -0.322 e. The van der Waals surface area contributed by atoms with E-state index in [9.17, 15) is 4.79 Å². The van der Waals surface area contributed by atoms with Crippen molar-refractivity contribution in [3.63, 3.8) is 0 Å². The van der Waals surface area contributed by atoms with Gasteiger partial charge in [0.05, 0.1) is 17.2 Å². The van der Waals surface area contributed by atoms with Gasteiger partial charge in [0, 0.05) is 24.4 Å². The largest absolute Gasteiger partial charge is 0.323 e. The van der Waals surface area contributed by atoms with Crippen molar-refractivity contribution in [2.75, 3.05) is 18.1 Å². The number of pyridine rings is 1. The maximum Gasteiger partial charge on any atom is 0.323 e. The SMILES string of the molecule is CCSCc1ccnc(NC(=O)N(C)Cc2csc(C)n2)c1. The van der Waals surface area contributed by atoms with Crippen molar-refractivity contribution in [3.05, 3.63) is 40.0 Å². The van der Waals surface area contributed by atoms with Gasteiger partial charge in [0.1, 0.15) is 5.82 Å². The molecule has 0 atom stereocenters. The molecule has 0 spiro atoms. The molecule has 0 unspecified atom stereocenters. The van der Waals surface area contributed by atoms with Crippen LogP contribution < -0.4 is 5.32 Å². The Labute approximate surface area is 139 Å². The molecule has 2 heterocycles. The van der Waals surface area contributed by atoms with Crippen molar-refractivity contribution >= 4 is 34.9 Å². The Morgan fingerprint density at radius 1 is 1.50 bits per heavy atom. The average Bonchev–Trinajstić information content (AvgIpc) is 2.90. The molecule has 0 aliphatic rings. The predicted molar refractivity (Wildman–Crippen MR) is 93.4 cm³/mol. The monoisotopic (exact) mass is 336 g/mol. The highest BCUT2D eigenvalue weighted by Crippen LogP contribution is 2.15. The van der Waals surface area contributed by atoms with Crippen LogP contribution in [0.2, 0.25) is 0 Å². The van der Waals surface area contributed by atoms with Crippen LogP contribution in [0, 0.1) is 6.92 Å². The molecule has 0 aliphatic heterocycles. The number of rotatable bonds is 6. The van der Waals surface area contributed by atoms with Crippen molar-refractivity contribution in [2.24, 2.45) is 0 Å². The van der Waals surface area contributed by atoms with E-state index < -0.39 is 0 Å². The lowest BCUT2D eigenvalue weighted by Gasteiger charge is -2.16. The molecular weight excluding hydrogens is 316 g/mol. The van der Waals surface area contributed by atoms with Gasteiger partial charge < -0.3 is 4.90 Å². The second-order valence-corrected chi connectivity index (χ2v) is 7.17. The summed E-state index contributed by atoms with van der Waals surface area (Å²) in [5.74, 6) is 2.58. The standard InChI is InChI=1S/C15H20N4OS2/c1-4-21-9-12-5-6-16-14(7-12)18-15(20)19(3)8-13-10-22-11(2)17-13/h5-7,10H,4,8-9H2,1-3H3,(H,16,18,20). The second kappa shape index (κ2) is 8.14. The minimum atomic E-state index is -0.182. The number of aromatic nitrogens is 2. The number of nitrogens with zero attached hydrogens (tertiary/aromatic N) is 3. The summed E-state index contributed by atoms with van der Waals surface area (Å²) in [5, 5.41) is 5.81. The third-order valence-corrected chi connectivity index (χ3v) is 4.71. The summed E-state index contributed by atoms with van der Waals surface area (Å²) in [6.07, 6.45) is 1.73. The molecule has 2 aromatic heterocycles. The second-order valence-electron chi connectivity index (χ2n) is 4.83. The number of thioether (sulfide) groups is 1. The Hall–Kier alpha value is -1.60. The fourth-order valence-corrected chi connectivity index (χ4v) is 3.08. The summed E-state index contributed by atoms with van der Waals surface area (Å²) < 4.78 is 0. The van der Waals surface area contributed by atoms with Crippen LogP contribution in [0.4, 0.5) is 10.6 Å². The fraction of sp³-hybridized carbons (Fsp3) is 0.400. The van der Waals surface area contributed by atoms with E-state index in [1.54, 1.807) is 29.5 Å². The molecule has 118 valence electrons. The predicted octanol–water partition coefficient (Wildman–Crippen LogP) is 3.76. The normalized spacial score (nSPS) is 10.5. The molecular formula is C15H20N4OS2. The maximum atomic E-state index is 12.2. The van der Waals surface area contributed by atoms with Crippen molar-refractivity contribution in [2.45, 2.75) is 26.1 Å². The molecule has 7 heteroatoms. The molecule has 0 bridgehead atoms. The van der Waals surface area contributed by atoms with E-state index in [2.05, 4.69) is 22.2 Å². The molecule has 0 saturated carbocycles. The molecule has 0 saturated heterocycles. The number of hydrogen-bond acceptors (Lipinski definition) is 5. The van der Waals surface area contributed by atoms with Gasteiger partial charge in [-0.2, -0.15) is 11.8 Å². The zero-order valence-corrected chi connectivity index (χ0v) is 14.6. The third kappa shape index (κ3) is 4.99. The van der Waals surface area contributed by atoms with E-state index in [0.29, 0.717) is 12.4 Å². The van der Waals surface area contributed by atoms with E-state index in [4.69, 9.17) is 0 Å². The Bertz CT molecular complexity index is 630. The van der Waals surface area contributed by atoms with Gasteiger partial charge >= 0.3 is 6.03 Å². The van der Waals surface area contributed by atoms with Crippen LogP contribution in [0.3, 0.4) is 0 Å². The van der Waals surface area contributed by atoms with Crippen LogP contribution >= 0.6 is 23.1 Å². The Balaban J connectivity index is 1.93. The first-order chi connectivity index (χ1) is 10.6. The molecule has 5 nitrogen and oxygen atoms in total. The van der Waals surface area contributed by atoms with Gasteiger partial charge in [0.2, 0.25) is 0 Å². The van der Waals surface area contributed by atoms with Crippen LogP contribution in [0.25, 0.3) is 0 Å². The maximum absolute atomic E-state index is 12.2. The van der Waals surface area contributed by atoms with E-state index >= 15 is 0 Å². The highest BCUT2D eigenvalue weighted by atomic mass is 32.2. The number of carbonyl (C=O) groups is 1. The van der Waals surface area contributed by atoms with Gasteiger partial charge in [-0.05, 0) is 30.4 Å². The van der Waals surface area contributed by atoms with Crippen LogP contribution in [-0.2, 0) is 12.3 Å². The average molecular weight is 336 g/mol. The van der Waals surface area contributed by atoms with Gasteiger partial charge in [-0.25, -0.2) is 14.8 Å². The van der Waals surface area contributed by atoms with Crippen molar-refractivity contribution in [1.82, 2.24) is 14.9 Å². The lowest BCUT2D eigenvalue weighted by Crippen LogP contribution is -2.31. The Morgan fingerprint density at radius 3 is 3.00 bits per heavy atom. The molecule has 1 N–H and O–H groups in total. The Morgan fingerprint density at radius 2 is 2.32 bits per heavy atom. The van der Waals surface area contributed by atoms with Gasteiger partial charge in [-0.15, -0.1) is 11.3 Å². The quantitative estimate of drug-likeness (QED) is 0.872. The van der Waals surface area contributed by atoms with Crippen LogP contribution in [0.5, 0.6) is 0 Å². The topological polar surface area (TPSA) is 58.1 Å². The fourth-order valence-electron chi connectivity index (χ4n) is 1.85. The number of urea groups is 1. The van der Waals surface area contributed by atoms with Gasteiger partial charge in [-0.1, -0.05) is 6.92 Å². The molecule has 0 fully saturated rings. The van der Waals surface area contributed by atoms with Crippen LogP contribution in [-0.4, -0.2) is 33.7 Å². The number of carbonyl (C=O) groups excluding carboxylic acids is 1. The lowest BCUT2D eigenvalue weighted by molar-refractivity contribution is 0.220. The smallest absolute Gasteiger partial charge is 0.322 e. The number of nitrogens with one attached hydrogen (secondary N) is 1. The zero-order valence-electron chi connectivity index (χ0n) is 13.0. The number of aryl methyl sites for hydroxylation is 1. The summed E-state index contributed by atoms with van der Waals surface area (Å²) in [7, 11) is 1.75. The number of thiazole rings is 1. The van der Waals surface area contributed by atoms with E-state index in [0.717, 1.165) is 27.8 Å². The van der Waals surface area contributed by atoms with Gasteiger partial charge in [0.15, 0.2) is 0 Å². The molecule has 0 aromatic carbocycles. The molecule has 22 heavy (non-hydrogen) atoms. The van der Waals surface area contributed by atoms with E-state index in [1.807, 2.05) is 36.2 Å². The zero-order chi connectivity index (χ0) is 15.9. The molecule has 0 aliphatic carbocycles. The number of hydrogen-bond donors (Lipinski definition) is 1. The molecule has 2 rings (SSSR count). The lowest BCUT2D eigenvalue weighted by atomic mass is 10.3. The molecule has 2 aromatic rings. The molecule has 2 amide bonds. The first kappa shape index (κ1) is 16.8. The first-order valence-electron chi connectivity index (χ1n) is 7.04. The summed E-state index contributed by atoms with van der Waals surface area (Å²) >= 11 is 3.43. The van der Waals surface area contributed by atoms with E-state index in [1.165, 1.54) is 0 Å². The summed E-state index contributed by atoms with van der Waals surface area (Å²) in [4.78, 5) is 22.4. The number of amides is 2. The highest BCUT2D eigenvalue weighted by molar-refractivity contribution is 7.98. The van der Waals surface area contributed by atoms with Crippen molar-refractivity contribution in [1.29, 1.82) is 0 Å². The van der Waals surface area contributed by atoms with Crippen molar-refractivity contribution < 1.29 is 4.79 Å². The first-order valence-corrected chi connectivity index (χ1v) is 9.07. The van der Waals surface area contributed by atoms with Gasteiger partial charge in [-0.3, -0.25) is 5.32 Å². The van der Waals surface area contributed by atoms with E-state index in [-0.39, 0.29) is 6.03 Å². The summed E-state index contributed by atoms with van der Waals surface area (Å²) in [6.45, 7) is 4.57. The van der Waals surface area contributed by atoms with Crippen LogP contribution in [0.1, 0.15) is 23.2 Å². The van der Waals surface area contributed by atoms with Crippen molar-refractivity contribution in [3.8, 4) is 0 Å². The Kier molecular flexibility index (Phi) is 6.21. The molecule has 0 radical (unpaired) electrons. The summed E-state index contributed by atoms with van der Waals surface area (Å²) in [5.41, 5.74) is 2.07. The summed E-state index contributed by atoms with van der Waals surface area (Å²) in [6, 6.07) is 3.71. The highest BCUT2D eigenvalue weighted by Gasteiger charge is 2.11. The third-order valence-electron chi connectivity index (χ3n) is 2.94. The van der Waals surface area contributed by atoms with Gasteiger partial charge in [0.25, 0.3) is 0 Å². The number of anilines is 1. The van der Waals surface area contributed by atoms with Crippen LogP contribution in [0.15, 0.2) is 23.7 Å².